The van der Waals surface area contributed by atoms with Gasteiger partial charge in [0.1, 0.15) is 0 Å². The molecule has 6 heteroatoms. The van der Waals surface area contributed by atoms with Crippen LogP contribution in [-0.4, -0.2) is 66.7 Å². The Kier molecular flexibility index (Phi) is 6.70. The number of hydrogen-bond acceptors (Lipinski definition) is 4. The second-order valence-electron chi connectivity index (χ2n) is 6.34. The Balaban J connectivity index is 1.94. The SMILES string of the molecule is CCN1CCN(C(=O)CCN(C(C)=O)c2ccc(C(C)=O)cc2)CC1. The van der Waals surface area contributed by atoms with Gasteiger partial charge in [0.25, 0.3) is 0 Å². The molecule has 0 saturated carbocycles. The molecule has 1 aromatic rings. The number of Topliss-reactive ketones (excluding diaryl/α,β-unsaturated/α-hetero) is 1. The molecule has 0 atom stereocenters. The van der Waals surface area contributed by atoms with Crippen molar-refractivity contribution in [1.82, 2.24) is 9.80 Å². The van der Waals surface area contributed by atoms with Gasteiger partial charge in [-0.15, -0.1) is 0 Å². The lowest BCUT2D eigenvalue weighted by Crippen LogP contribution is -2.49. The highest BCUT2D eigenvalue weighted by atomic mass is 16.2. The van der Waals surface area contributed by atoms with Gasteiger partial charge in [-0.25, -0.2) is 0 Å². The summed E-state index contributed by atoms with van der Waals surface area (Å²) in [6.45, 7) is 9.80. The number of carbonyl (C=O) groups excluding carboxylic acids is 3. The van der Waals surface area contributed by atoms with Crippen LogP contribution in [0.15, 0.2) is 24.3 Å². The topological polar surface area (TPSA) is 60.9 Å². The third-order valence-corrected chi connectivity index (χ3v) is 4.69. The lowest BCUT2D eigenvalue weighted by molar-refractivity contribution is -0.132. The molecule has 1 heterocycles. The first-order valence-electron chi connectivity index (χ1n) is 8.81. The van der Waals surface area contributed by atoms with E-state index in [9.17, 15) is 14.4 Å². The molecule has 0 N–H and O–H groups in total. The molecule has 0 spiro atoms. The van der Waals surface area contributed by atoms with Crippen LogP contribution < -0.4 is 4.90 Å². The van der Waals surface area contributed by atoms with Crippen molar-refractivity contribution in [3.8, 4) is 0 Å². The van der Waals surface area contributed by atoms with Gasteiger partial charge >= 0.3 is 0 Å². The highest BCUT2D eigenvalue weighted by Crippen LogP contribution is 2.17. The van der Waals surface area contributed by atoms with E-state index in [2.05, 4.69) is 11.8 Å². The van der Waals surface area contributed by atoms with E-state index in [1.807, 2.05) is 4.90 Å². The summed E-state index contributed by atoms with van der Waals surface area (Å²) < 4.78 is 0. The molecule has 1 saturated heterocycles. The average Bonchev–Trinajstić information content (AvgIpc) is 2.62. The van der Waals surface area contributed by atoms with Crippen LogP contribution in [0.2, 0.25) is 0 Å². The molecule has 6 nitrogen and oxygen atoms in total. The number of benzene rings is 1. The molecule has 1 aromatic carbocycles. The second kappa shape index (κ2) is 8.76. The van der Waals surface area contributed by atoms with E-state index in [0.717, 1.165) is 32.7 Å². The summed E-state index contributed by atoms with van der Waals surface area (Å²) in [5, 5.41) is 0. The predicted octanol–water partition coefficient (Wildman–Crippen LogP) is 1.80. The average molecular weight is 345 g/mol. The Morgan fingerprint density at radius 1 is 1.00 bits per heavy atom. The van der Waals surface area contributed by atoms with Crippen LogP contribution in [-0.2, 0) is 9.59 Å². The van der Waals surface area contributed by atoms with E-state index in [1.54, 1.807) is 29.2 Å². The molecule has 1 aliphatic rings. The van der Waals surface area contributed by atoms with Crippen molar-refractivity contribution in [1.29, 1.82) is 0 Å². The van der Waals surface area contributed by atoms with E-state index in [-0.39, 0.29) is 17.6 Å². The van der Waals surface area contributed by atoms with Crippen molar-refractivity contribution in [3.05, 3.63) is 29.8 Å². The maximum Gasteiger partial charge on any atom is 0.224 e. The highest BCUT2D eigenvalue weighted by Gasteiger charge is 2.21. The fraction of sp³-hybridized carbons (Fsp3) is 0.526. The zero-order chi connectivity index (χ0) is 18.4. The molecule has 136 valence electrons. The van der Waals surface area contributed by atoms with Gasteiger partial charge in [-0.3, -0.25) is 14.4 Å². The van der Waals surface area contributed by atoms with Gasteiger partial charge in [0.2, 0.25) is 11.8 Å². The third kappa shape index (κ3) is 5.13. The molecular formula is C19H27N3O3. The van der Waals surface area contributed by atoms with Crippen molar-refractivity contribution in [2.45, 2.75) is 27.2 Å². The fourth-order valence-electron chi connectivity index (χ4n) is 3.02. The lowest BCUT2D eigenvalue weighted by Gasteiger charge is -2.34. The van der Waals surface area contributed by atoms with Crippen LogP contribution in [0.1, 0.15) is 37.6 Å². The highest BCUT2D eigenvalue weighted by molar-refractivity contribution is 5.96. The number of likely N-dealkylation sites (N-methyl/N-ethyl adjacent to an activating group) is 1. The molecule has 0 bridgehead atoms. The smallest absolute Gasteiger partial charge is 0.224 e. The minimum Gasteiger partial charge on any atom is -0.340 e. The van der Waals surface area contributed by atoms with Gasteiger partial charge in [0, 0.05) is 57.3 Å². The van der Waals surface area contributed by atoms with E-state index in [4.69, 9.17) is 0 Å². The maximum atomic E-state index is 12.4. The van der Waals surface area contributed by atoms with E-state index >= 15 is 0 Å². The molecule has 0 radical (unpaired) electrons. The van der Waals surface area contributed by atoms with Crippen molar-refractivity contribution < 1.29 is 14.4 Å². The minimum absolute atomic E-state index is 0.0117. The Bertz CT molecular complexity index is 619. The Labute approximate surface area is 149 Å². The van der Waals surface area contributed by atoms with Crippen molar-refractivity contribution in [3.63, 3.8) is 0 Å². The van der Waals surface area contributed by atoms with Crippen molar-refractivity contribution in [2.75, 3.05) is 44.2 Å². The molecule has 1 aliphatic heterocycles. The first-order chi connectivity index (χ1) is 11.9. The van der Waals surface area contributed by atoms with Gasteiger partial charge in [0.15, 0.2) is 5.78 Å². The molecule has 0 aromatic heterocycles. The van der Waals surface area contributed by atoms with Gasteiger partial charge in [-0.1, -0.05) is 6.92 Å². The number of rotatable bonds is 6. The standard InChI is InChI=1S/C19H27N3O3/c1-4-20-11-13-21(14-12-20)19(25)9-10-22(16(3)24)18-7-5-17(6-8-18)15(2)23/h5-8H,4,9-14H2,1-3H3. The molecular weight excluding hydrogens is 318 g/mol. The number of carbonyl (C=O) groups is 3. The number of piperazine rings is 1. The molecule has 25 heavy (non-hydrogen) atoms. The second-order valence-corrected chi connectivity index (χ2v) is 6.34. The summed E-state index contributed by atoms with van der Waals surface area (Å²) in [6, 6.07) is 6.92. The molecule has 2 rings (SSSR count). The summed E-state index contributed by atoms with van der Waals surface area (Å²) in [5.74, 6) is -0.0381. The summed E-state index contributed by atoms with van der Waals surface area (Å²) in [5.41, 5.74) is 1.32. The number of ketones is 1. The first kappa shape index (κ1) is 19.1. The van der Waals surface area contributed by atoms with Gasteiger partial charge < -0.3 is 14.7 Å². The Morgan fingerprint density at radius 2 is 1.60 bits per heavy atom. The van der Waals surface area contributed by atoms with Crippen LogP contribution in [0.5, 0.6) is 0 Å². The molecule has 1 fully saturated rings. The van der Waals surface area contributed by atoms with Gasteiger partial charge in [0.05, 0.1) is 0 Å². The number of hydrogen-bond donors (Lipinski definition) is 0. The third-order valence-electron chi connectivity index (χ3n) is 4.69. The van der Waals surface area contributed by atoms with Gasteiger partial charge in [-0.05, 0) is 37.7 Å². The zero-order valence-electron chi connectivity index (χ0n) is 15.3. The van der Waals surface area contributed by atoms with Crippen LogP contribution in [0.3, 0.4) is 0 Å². The van der Waals surface area contributed by atoms with Gasteiger partial charge in [-0.2, -0.15) is 0 Å². The van der Waals surface area contributed by atoms with E-state index in [0.29, 0.717) is 24.2 Å². The van der Waals surface area contributed by atoms with Crippen LogP contribution in [0.25, 0.3) is 0 Å². The van der Waals surface area contributed by atoms with Crippen LogP contribution in [0.4, 0.5) is 5.69 Å². The quantitative estimate of drug-likeness (QED) is 0.738. The van der Waals surface area contributed by atoms with Crippen LogP contribution in [0, 0.1) is 0 Å². The monoisotopic (exact) mass is 345 g/mol. The maximum absolute atomic E-state index is 12.4. The van der Waals surface area contributed by atoms with E-state index < -0.39 is 0 Å². The summed E-state index contributed by atoms with van der Waals surface area (Å²) in [7, 11) is 0. The summed E-state index contributed by atoms with van der Waals surface area (Å²) >= 11 is 0. The van der Waals surface area contributed by atoms with Crippen molar-refractivity contribution in [2.24, 2.45) is 0 Å². The lowest BCUT2D eigenvalue weighted by atomic mass is 10.1. The number of nitrogens with zero attached hydrogens (tertiary/aromatic N) is 3. The van der Waals surface area contributed by atoms with E-state index in [1.165, 1.54) is 13.8 Å². The molecule has 2 amide bonds. The summed E-state index contributed by atoms with van der Waals surface area (Å²) in [4.78, 5) is 41.5. The van der Waals surface area contributed by atoms with Crippen LogP contribution >= 0.6 is 0 Å². The summed E-state index contributed by atoms with van der Waals surface area (Å²) in [6.07, 6.45) is 0.306. The Morgan fingerprint density at radius 3 is 2.08 bits per heavy atom. The predicted molar refractivity (Wildman–Crippen MR) is 97.8 cm³/mol. The molecule has 0 aliphatic carbocycles. The normalized spacial score (nSPS) is 15.1. The van der Waals surface area contributed by atoms with Crippen molar-refractivity contribution >= 4 is 23.3 Å². The first-order valence-corrected chi connectivity index (χ1v) is 8.81. The minimum atomic E-state index is -0.112. The largest absolute Gasteiger partial charge is 0.340 e. The zero-order valence-corrected chi connectivity index (χ0v) is 15.3. The fourth-order valence-corrected chi connectivity index (χ4v) is 3.02. The molecule has 0 unspecified atom stereocenters. The Hall–Kier alpha value is -2.21. The number of anilines is 1. The number of amides is 2.